The maximum Gasteiger partial charge on any atom is 0.443 e. The molecule has 0 radical (unpaired) electrons. The topological polar surface area (TPSA) is 39.2 Å². The molecule has 0 amide bonds. The van der Waals surface area contributed by atoms with E-state index in [4.69, 9.17) is 4.74 Å². The van der Waals surface area contributed by atoms with Gasteiger partial charge in [-0.25, -0.2) is 4.98 Å². The van der Waals surface area contributed by atoms with Crippen LogP contribution in [-0.2, 0) is 10.9 Å². The second-order valence-electron chi connectivity index (χ2n) is 3.80. The number of carbonyl (C=O) groups is 1. The standard InChI is InChI=1S/C10H12F3NO2S/c1-4-16-9(2,3)7(15)6-5-14-8(17-6)10(11,12)13/h5H,4H2,1-3H3. The van der Waals surface area contributed by atoms with E-state index in [1.807, 2.05) is 0 Å². The number of nitrogens with zero attached hydrogens (tertiary/aromatic N) is 1. The molecule has 0 atom stereocenters. The van der Waals surface area contributed by atoms with Crippen LogP contribution in [0.3, 0.4) is 0 Å². The minimum Gasteiger partial charge on any atom is -0.368 e. The zero-order valence-corrected chi connectivity index (χ0v) is 10.4. The summed E-state index contributed by atoms with van der Waals surface area (Å²) in [5.74, 6) is -0.493. The molecule has 3 nitrogen and oxygen atoms in total. The van der Waals surface area contributed by atoms with Gasteiger partial charge in [-0.2, -0.15) is 13.2 Å². The molecule has 0 saturated heterocycles. The van der Waals surface area contributed by atoms with Crippen molar-refractivity contribution in [3.05, 3.63) is 16.1 Å². The number of aromatic nitrogens is 1. The fourth-order valence-corrected chi connectivity index (χ4v) is 2.11. The molecule has 0 aliphatic carbocycles. The van der Waals surface area contributed by atoms with Crippen LogP contribution < -0.4 is 0 Å². The number of thiazole rings is 1. The maximum atomic E-state index is 12.3. The molecule has 1 aromatic rings. The normalized spacial score (nSPS) is 12.8. The third-order valence-electron chi connectivity index (χ3n) is 2.02. The summed E-state index contributed by atoms with van der Waals surface area (Å²) < 4.78 is 42.1. The SMILES string of the molecule is CCOC(C)(C)C(=O)c1cnc(C(F)(F)F)s1. The predicted octanol–water partition coefficient (Wildman–Crippen LogP) is 3.16. The summed E-state index contributed by atoms with van der Waals surface area (Å²) in [6, 6.07) is 0. The van der Waals surface area contributed by atoms with Crippen molar-refractivity contribution in [2.24, 2.45) is 0 Å². The van der Waals surface area contributed by atoms with Crippen LogP contribution in [0.15, 0.2) is 6.20 Å². The van der Waals surface area contributed by atoms with E-state index >= 15 is 0 Å². The average molecular weight is 267 g/mol. The van der Waals surface area contributed by atoms with Crippen LogP contribution in [0.25, 0.3) is 0 Å². The number of rotatable bonds is 4. The third-order valence-corrected chi connectivity index (χ3v) is 3.06. The van der Waals surface area contributed by atoms with E-state index < -0.39 is 22.6 Å². The Labute approximate surface area is 101 Å². The second-order valence-corrected chi connectivity index (χ2v) is 4.83. The molecule has 0 aromatic carbocycles. The fourth-order valence-electron chi connectivity index (χ4n) is 1.23. The van der Waals surface area contributed by atoms with Crippen molar-refractivity contribution in [2.45, 2.75) is 32.5 Å². The van der Waals surface area contributed by atoms with Crippen molar-refractivity contribution in [1.29, 1.82) is 0 Å². The molecular weight excluding hydrogens is 255 g/mol. The minimum absolute atomic E-state index is 0.0456. The molecule has 0 aliphatic rings. The first-order chi connectivity index (χ1) is 7.68. The van der Waals surface area contributed by atoms with Gasteiger partial charge < -0.3 is 4.74 Å². The van der Waals surface area contributed by atoms with Crippen molar-refractivity contribution >= 4 is 17.1 Å². The molecule has 1 aromatic heterocycles. The van der Waals surface area contributed by atoms with E-state index in [1.54, 1.807) is 6.92 Å². The molecule has 0 saturated carbocycles. The van der Waals surface area contributed by atoms with Gasteiger partial charge in [0.15, 0.2) is 5.01 Å². The Morgan fingerprint density at radius 2 is 2.06 bits per heavy atom. The highest BCUT2D eigenvalue weighted by atomic mass is 32.1. The van der Waals surface area contributed by atoms with Gasteiger partial charge in [0.05, 0.1) is 4.88 Å². The van der Waals surface area contributed by atoms with E-state index in [0.29, 0.717) is 17.9 Å². The molecule has 0 N–H and O–H groups in total. The molecule has 17 heavy (non-hydrogen) atoms. The van der Waals surface area contributed by atoms with Crippen LogP contribution in [0.1, 0.15) is 35.5 Å². The van der Waals surface area contributed by atoms with E-state index in [9.17, 15) is 18.0 Å². The van der Waals surface area contributed by atoms with E-state index in [0.717, 1.165) is 6.20 Å². The quantitative estimate of drug-likeness (QED) is 0.787. The van der Waals surface area contributed by atoms with Gasteiger partial charge in [0.25, 0.3) is 0 Å². The highest BCUT2D eigenvalue weighted by molar-refractivity contribution is 7.13. The molecule has 0 bridgehead atoms. The van der Waals surface area contributed by atoms with Gasteiger partial charge in [-0.1, -0.05) is 0 Å². The van der Waals surface area contributed by atoms with Crippen LogP contribution in [0.2, 0.25) is 0 Å². The molecule has 7 heteroatoms. The van der Waals surface area contributed by atoms with Crippen molar-refractivity contribution in [3.8, 4) is 0 Å². The highest BCUT2D eigenvalue weighted by Crippen LogP contribution is 2.33. The van der Waals surface area contributed by atoms with Crippen molar-refractivity contribution in [1.82, 2.24) is 4.98 Å². The lowest BCUT2D eigenvalue weighted by molar-refractivity contribution is -0.137. The van der Waals surface area contributed by atoms with Crippen molar-refractivity contribution < 1.29 is 22.7 Å². The van der Waals surface area contributed by atoms with Crippen LogP contribution in [0.5, 0.6) is 0 Å². The lowest BCUT2D eigenvalue weighted by Gasteiger charge is -2.21. The number of ether oxygens (including phenoxy) is 1. The minimum atomic E-state index is -4.51. The van der Waals surface area contributed by atoms with Gasteiger partial charge in [-0.15, -0.1) is 11.3 Å². The summed E-state index contributed by atoms with van der Waals surface area (Å²) in [5.41, 5.74) is -1.13. The Balaban J connectivity index is 2.95. The Kier molecular flexibility index (Phi) is 3.93. The molecule has 0 aliphatic heterocycles. The molecule has 1 rings (SSSR count). The molecule has 1 heterocycles. The van der Waals surface area contributed by atoms with Gasteiger partial charge in [-0.3, -0.25) is 4.79 Å². The Bertz CT molecular complexity index is 412. The highest BCUT2D eigenvalue weighted by Gasteiger charge is 2.37. The smallest absolute Gasteiger partial charge is 0.368 e. The fraction of sp³-hybridized carbons (Fsp3) is 0.600. The van der Waals surface area contributed by atoms with Crippen LogP contribution in [0, 0.1) is 0 Å². The summed E-state index contributed by atoms with van der Waals surface area (Å²) >= 11 is 0.335. The van der Waals surface area contributed by atoms with E-state index in [-0.39, 0.29) is 4.88 Å². The summed E-state index contributed by atoms with van der Waals surface area (Å²) in [6.45, 7) is 5.06. The second kappa shape index (κ2) is 4.73. The summed E-state index contributed by atoms with van der Waals surface area (Å²) in [6.07, 6.45) is -3.57. The lowest BCUT2D eigenvalue weighted by atomic mass is 10.0. The summed E-state index contributed by atoms with van der Waals surface area (Å²) in [4.78, 5) is 15.0. The molecule has 0 spiro atoms. The first kappa shape index (κ1) is 14.1. The molecule has 96 valence electrons. The lowest BCUT2D eigenvalue weighted by Crippen LogP contribution is -2.34. The number of carbonyl (C=O) groups excluding carboxylic acids is 1. The monoisotopic (exact) mass is 267 g/mol. The average Bonchev–Trinajstić information content (AvgIpc) is 2.64. The number of ketones is 1. The number of Topliss-reactive ketones (excluding diaryl/α,β-unsaturated/α-hetero) is 1. The molecular formula is C10H12F3NO2S. The maximum absolute atomic E-state index is 12.3. The van der Waals surface area contributed by atoms with E-state index in [1.165, 1.54) is 13.8 Å². The van der Waals surface area contributed by atoms with Gasteiger partial charge in [0.2, 0.25) is 5.78 Å². The number of hydrogen-bond acceptors (Lipinski definition) is 4. The largest absolute Gasteiger partial charge is 0.443 e. The zero-order chi connectivity index (χ0) is 13.3. The Morgan fingerprint density at radius 1 is 1.47 bits per heavy atom. The Hall–Kier alpha value is -0.950. The van der Waals surface area contributed by atoms with E-state index in [2.05, 4.69) is 4.98 Å². The van der Waals surface area contributed by atoms with Crippen LogP contribution >= 0.6 is 11.3 Å². The van der Waals surface area contributed by atoms with Crippen LogP contribution in [0.4, 0.5) is 13.2 Å². The van der Waals surface area contributed by atoms with Gasteiger partial charge in [-0.05, 0) is 20.8 Å². The molecule has 0 unspecified atom stereocenters. The number of halogens is 3. The van der Waals surface area contributed by atoms with Crippen LogP contribution in [-0.4, -0.2) is 23.0 Å². The first-order valence-electron chi connectivity index (χ1n) is 4.90. The van der Waals surface area contributed by atoms with Gasteiger partial charge in [0, 0.05) is 12.8 Å². The van der Waals surface area contributed by atoms with Crippen molar-refractivity contribution in [3.63, 3.8) is 0 Å². The van der Waals surface area contributed by atoms with Crippen molar-refractivity contribution in [2.75, 3.05) is 6.61 Å². The number of hydrogen-bond donors (Lipinski definition) is 0. The van der Waals surface area contributed by atoms with Gasteiger partial charge in [0.1, 0.15) is 5.60 Å². The summed E-state index contributed by atoms with van der Waals surface area (Å²) in [7, 11) is 0. The number of alkyl halides is 3. The predicted molar refractivity (Wildman–Crippen MR) is 57.2 cm³/mol. The van der Waals surface area contributed by atoms with Gasteiger partial charge >= 0.3 is 6.18 Å². The molecule has 0 fully saturated rings. The Morgan fingerprint density at radius 3 is 2.47 bits per heavy atom. The summed E-state index contributed by atoms with van der Waals surface area (Å²) in [5, 5.41) is -1.02. The third kappa shape index (κ3) is 3.26. The zero-order valence-electron chi connectivity index (χ0n) is 9.59. The first-order valence-corrected chi connectivity index (χ1v) is 5.72.